The first-order chi connectivity index (χ1) is 13.0. The summed E-state index contributed by atoms with van der Waals surface area (Å²) in [6, 6.07) is 8.21. The van der Waals surface area contributed by atoms with Gasteiger partial charge in [-0.2, -0.15) is 0 Å². The fourth-order valence-corrected chi connectivity index (χ4v) is 3.49. The number of carbonyl (C=O) groups excluding carboxylic acids is 1. The summed E-state index contributed by atoms with van der Waals surface area (Å²) in [6.45, 7) is 4.32. The van der Waals surface area contributed by atoms with Crippen LogP contribution in [0.4, 0.5) is 0 Å². The lowest BCUT2D eigenvalue weighted by Crippen LogP contribution is -2.37. The Hall–Kier alpha value is -2.08. The number of amides is 1. The molecule has 6 heteroatoms. The molecule has 0 aliphatic carbocycles. The fourth-order valence-electron chi connectivity index (χ4n) is 3.49. The summed E-state index contributed by atoms with van der Waals surface area (Å²) in [4.78, 5) is 27.3. The molecule has 1 atom stereocenters. The summed E-state index contributed by atoms with van der Waals surface area (Å²) in [7, 11) is 1.85. The number of carboxylic acids is 1. The van der Waals surface area contributed by atoms with Crippen LogP contribution in [0.5, 0.6) is 5.75 Å². The van der Waals surface area contributed by atoms with Gasteiger partial charge in [0.15, 0.2) is 0 Å². The molecule has 27 heavy (non-hydrogen) atoms. The second kappa shape index (κ2) is 10.9. The fraction of sp³-hybridized carbons (Fsp3) is 0.619. The van der Waals surface area contributed by atoms with Crippen LogP contribution < -0.4 is 4.74 Å². The van der Waals surface area contributed by atoms with Crippen molar-refractivity contribution < 1.29 is 19.4 Å². The van der Waals surface area contributed by atoms with Crippen LogP contribution >= 0.6 is 0 Å². The summed E-state index contributed by atoms with van der Waals surface area (Å²) in [5.41, 5.74) is 1.14. The highest BCUT2D eigenvalue weighted by atomic mass is 16.5. The van der Waals surface area contributed by atoms with Crippen molar-refractivity contribution in [2.45, 2.75) is 51.5 Å². The maximum absolute atomic E-state index is 12.6. The van der Waals surface area contributed by atoms with Gasteiger partial charge < -0.3 is 14.7 Å². The highest BCUT2D eigenvalue weighted by Gasteiger charge is 2.23. The summed E-state index contributed by atoms with van der Waals surface area (Å²) >= 11 is 0. The molecule has 1 aliphatic heterocycles. The molecule has 1 unspecified atom stereocenters. The Labute approximate surface area is 162 Å². The Morgan fingerprint density at radius 3 is 2.63 bits per heavy atom. The third-order valence-corrected chi connectivity index (χ3v) is 5.08. The SMILES string of the molecule is CCCOc1ccc(CCC(=O)N2CCCC(N(C)CC(=O)O)CC2)cc1. The van der Waals surface area contributed by atoms with Crippen LogP contribution in [0, 0.1) is 0 Å². The highest BCUT2D eigenvalue weighted by molar-refractivity contribution is 5.76. The molecular weight excluding hydrogens is 344 g/mol. The smallest absolute Gasteiger partial charge is 0.317 e. The van der Waals surface area contributed by atoms with Crippen LogP contribution in [0.1, 0.15) is 44.6 Å². The molecule has 0 saturated carbocycles. The number of aryl methyl sites for hydroxylation is 1. The number of nitrogens with zero attached hydrogens (tertiary/aromatic N) is 2. The number of hydrogen-bond donors (Lipinski definition) is 1. The Morgan fingerprint density at radius 1 is 1.22 bits per heavy atom. The number of likely N-dealkylation sites (N-methyl/N-ethyl adjacent to an activating group) is 1. The van der Waals surface area contributed by atoms with E-state index in [1.165, 1.54) is 0 Å². The summed E-state index contributed by atoms with van der Waals surface area (Å²) in [5, 5.41) is 8.95. The Balaban J connectivity index is 1.78. The quantitative estimate of drug-likeness (QED) is 0.718. The minimum absolute atomic E-state index is 0.0522. The molecule has 0 aromatic heterocycles. The molecule has 1 aliphatic rings. The third-order valence-electron chi connectivity index (χ3n) is 5.08. The molecule has 1 aromatic rings. The van der Waals surface area contributed by atoms with E-state index >= 15 is 0 Å². The van der Waals surface area contributed by atoms with Crippen molar-refractivity contribution in [2.75, 3.05) is 33.3 Å². The largest absolute Gasteiger partial charge is 0.494 e. The average molecular weight is 376 g/mol. The van der Waals surface area contributed by atoms with Gasteiger partial charge in [-0.1, -0.05) is 19.1 Å². The summed E-state index contributed by atoms with van der Waals surface area (Å²) in [6.07, 6.45) is 4.91. The lowest BCUT2D eigenvalue weighted by atomic mass is 10.1. The van der Waals surface area contributed by atoms with Crippen molar-refractivity contribution >= 4 is 11.9 Å². The van der Waals surface area contributed by atoms with Crippen molar-refractivity contribution in [1.82, 2.24) is 9.80 Å². The number of carboxylic acid groups (broad SMARTS) is 1. The van der Waals surface area contributed by atoms with Crippen molar-refractivity contribution in [1.29, 1.82) is 0 Å². The molecule has 0 radical (unpaired) electrons. The maximum Gasteiger partial charge on any atom is 0.317 e. The van der Waals surface area contributed by atoms with E-state index in [0.29, 0.717) is 13.0 Å². The molecule has 1 fully saturated rings. The van der Waals surface area contributed by atoms with Crippen molar-refractivity contribution in [3.63, 3.8) is 0 Å². The van der Waals surface area contributed by atoms with Crippen LogP contribution in [-0.2, 0) is 16.0 Å². The number of aliphatic carboxylic acids is 1. The number of likely N-dealkylation sites (tertiary alicyclic amines) is 1. The topological polar surface area (TPSA) is 70.1 Å². The van der Waals surface area contributed by atoms with Crippen LogP contribution in [0.3, 0.4) is 0 Å². The first-order valence-corrected chi connectivity index (χ1v) is 9.91. The van der Waals surface area contributed by atoms with E-state index in [1.54, 1.807) is 0 Å². The van der Waals surface area contributed by atoms with Gasteiger partial charge in [-0.3, -0.25) is 14.5 Å². The standard InChI is InChI=1S/C21H32N2O4/c1-3-15-27-19-9-6-17(7-10-19)8-11-20(24)23-13-4-5-18(12-14-23)22(2)16-21(25)26/h6-7,9-10,18H,3-5,8,11-16H2,1-2H3,(H,25,26). The first-order valence-electron chi connectivity index (χ1n) is 9.91. The lowest BCUT2D eigenvalue weighted by molar-refractivity contribution is -0.138. The molecule has 1 amide bonds. The van der Waals surface area contributed by atoms with Crippen LogP contribution in [0.25, 0.3) is 0 Å². The summed E-state index contributed by atoms with van der Waals surface area (Å²) < 4.78 is 5.58. The molecule has 0 spiro atoms. The lowest BCUT2D eigenvalue weighted by Gasteiger charge is -2.25. The van der Waals surface area contributed by atoms with Crippen LogP contribution in [0.2, 0.25) is 0 Å². The van der Waals surface area contributed by atoms with Crippen molar-refractivity contribution in [3.05, 3.63) is 29.8 Å². The molecular formula is C21H32N2O4. The minimum atomic E-state index is -0.805. The third kappa shape index (κ3) is 7.21. The van der Waals surface area contributed by atoms with E-state index in [-0.39, 0.29) is 18.5 Å². The van der Waals surface area contributed by atoms with E-state index in [0.717, 1.165) is 56.6 Å². The van der Waals surface area contributed by atoms with E-state index in [4.69, 9.17) is 9.84 Å². The average Bonchev–Trinajstić information content (AvgIpc) is 2.91. The van der Waals surface area contributed by atoms with E-state index < -0.39 is 5.97 Å². The predicted octanol–water partition coefficient (Wildman–Crippen LogP) is 2.81. The minimum Gasteiger partial charge on any atom is -0.494 e. The number of benzene rings is 1. The van der Waals surface area contributed by atoms with Gasteiger partial charge in [0.05, 0.1) is 13.2 Å². The molecule has 6 nitrogen and oxygen atoms in total. The van der Waals surface area contributed by atoms with E-state index in [9.17, 15) is 9.59 Å². The van der Waals surface area contributed by atoms with E-state index in [1.807, 2.05) is 41.1 Å². The molecule has 1 saturated heterocycles. The second-order valence-corrected chi connectivity index (χ2v) is 7.27. The van der Waals surface area contributed by atoms with Gasteiger partial charge in [0.2, 0.25) is 5.91 Å². The van der Waals surface area contributed by atoms with Gasteiger partial charge in [0.25, 0.3) is 0 Å². The van der Waals surface area contributed by atoms with Crippen molar-refractivity contribution in [3.8, 4) is 5.75 Å². The van der Waals surface area contributed by atoms with Gasteiger partial charge in [-0.25, -0.2) is 0 Å². The Morgan fingerprint density at radius 2 is 1.96 bits per heavy atom. The van der Waals surface area contributed by atoms with Crippen LogP contribution in [-0.4, -0.2) is 66.1 Å². The Kier molecular flexibility index (Phi) is 8.58. The highest BCUT2D eigenvalue weighted by Crippen LogP contribution is 2.18. The number of carbonyl (C=O) groups is 2. The zero-order chi connectivity index (χ0) is 19.6. The van der Waals surface area contributed by atoms with Crippen molar-refractivity contribution in [2.24, 2.45) is 0 Å². The zero-order valence-electron chi connectivity index (χ0n) is 16.5. The molecule has 1 heterocycles. The van der Waals surface area contributed by atoms with Gasteiger partial charge in [0.1, 0.15) is 5.75 Å². The molecule has 0 bridgehead atoms. The molecule has 150 valence electrons. The monoisotopic (exact) mass is 376 g/mol. The zero-order valence-corrected chi connectivity index (χ0v) is 16.5. The van der Waals surface area contributed by atoms with Crippen LogP contribution in [0.15, 0.2) is 24.3 Å². The normalized spacial score (nSPS) is 17.6. The number of rotatable bonds is 9. The predicted molar refractivity (Wildman–Crippen MR) is 105 cm³/mol. The van der Waals surface area contributed by atoms with E-state index in [2.05, 4.69) is 6.92 Å². The molecule has 2 rings (SSSR count). The second-order valence-electron chi connectivity index (χ2n) is 7.27. The van der Waals surface area contributed by atoms with Gasteiger partial charge in [-0.15, -0.1) is 0 Å². The maximum atomic E-state index is 12.6. The first kappa shape index (κ1) is 21.2. The summed E-state index contributed by atoms with van der Waals surface area (Å²) in [5.74, 6) is 0.250. The molecule has 1 aromatic carbocycles. The van der Waals surface area contributed by atoms with Gasteiger partial charge >= 0.3 is 5.97 Å². The number of ether oxygens (including phenoxy) is 1. The van der Waals surface area contributed by atoms with Gasteiger partial charge in [0, 0.05) is 25.6 Å². The molecule has 1 N–H and O–H groups in total. The Bertz CT molecular complexity index is 603. The number of hydrogen-bond acceptors (Lipinski definition) is 4. The van der Waals surface area contributed by atoms with Gasteiger partial charge in [-0.05, 0) is 56.8 Å².